The molecule has 4 rings (SSSR count). The van der Waals surface area contributed by atoms with E-state index in [-0.39, 0.29) is 50.7 Å². The molecule has 0 heterocycles. The fraction of sp³-hybridized carbons (Fsp3) is 0.0526. The molecular formula is C19H14Cl2Hf. The summed E-state index contributed by atoms with van der Waals surface area (Å²) < 4.78 is 0. The Hall–Kier alpha value is -0.890. The first-order valence-electron chi connectivity index (χ1n) is 6.67. The van der Waals surface area contributed by atoms with Gasteiger partial charge < -0.3 is 24.8 Å². The van der Waals surface area contributed by atoms with E-state index in [9.17, 15) is 0 Å². The molecule has 3 heteroatoms. The van der Waals surface area contributed by atoms with E-state index in [1.165, 1.54) is 32.7 Å². The third kappa shape index (κ3) is 3.71. The molecule has 0 nitrogen and oxygen atoms in total. The summed E-state index contributed by atoms with van der Waals surface area (Å²) in [7, 11) is 0. The molecule has 4 aromatic carbocycles. The van der Waals surface area contributed by atoms with Gasteiger partial charge in [-0.05, 0) is 6.42 Å². The van der Waals surface area contributed by atoms with Gasteiger partial charge in [-0.25, -0.2) is 0 Å². The van der Waals surface area contributed by atoms with Crippen LogP contribution in [0.3, 0.4) is 0 Å². The fourth-order valence-corrected chi connectivity index (χ4v) is 2.87. The minimum Gasteiger partial charge on any atom is -1.00 e. The van der Waals surface area contributed by atoms with Crippen molar-refractivity contribution in [1.82, 2.24) is 0 Å². The average molecular weight is 492 g/mol. The van der Waals surface area contributed by atoms with Gasteiger partial charge >= 0.3 is 25.8 Å². The number of hydrogen-bond acceptors (Lipinski definition) is 0. The van der Waals surface area contributed by atoms with E-state index in [4.69, 9.17) is 0 Å². The van der Waals surface area contributed by atoms with Crippen LogP contribution in [0.5, 0.6) is 0 Å². The Balaban J connectivity index is 0.000000807. The van der Waals surface area contributed by atoms with Crippen LogP contribution in [0, 0.1) is 0 Å². The first kappa shape index (κ1) is 19.2. The molecule has 0 spiro atoms. The predicted octanol–water partition coefficient (Wildman–Crippen LogP) is -0.973. The van der Waals surface area contributed by atoms with Gasteiger partial charge in [0, 0.05) is 0 Å². The Morgan fingerprint density at radius 3 is 1.45 bits per heavy atom. The van der Waals surface area contributed by atoms with Gasteiger partial charge in [0.2, 0.25) is 0 Å². The molecule has 0 fully saturated rings. The summed E-state index contributed by atoms with van der Waals surface area (Å²) in [4.78, 5) is 0. The van der Waals surface area contributed by atoms with Crippen LogP contribution >= 0.6 is 0 Å². The topological polar surface area (TPSA) is 0 Å². The number of hydrogen-bond donors (Lipinski definition) is 0. The van der Waals surface area contributed by atoms with Crippen LogP contribution in [0.2, 0.25) is 0 Å². The second-order valence-electron chi connectivity index (χ2n) is 5.16. The summed E-state index contributed by atoms with van der Waals surface area (Å²) in [5, 5.41) is 5.37. The molecule has 0 atom stereocenters. The van der Waals surface area contributed by atoms with Gasteiger partial charge in [0.25, 0.3) is 0 Å². The largest absolute Gasteiger partial charge is 4.00 e. The van der Waals surface area contributed by atoms with Gasteiger partial charge in [0.15, 0.2) is 0 Å². The summed E-state index contributed by atoms with van der Waals surface area (Å²) in [5.41, 5.74) is 2.80. The van der Waals surface area contributed by atoms with Crippen molar-refractivity contribution >= 4 is 21.5 Å². The minimum atomic E-state index is 0. The van der Waals surface area contributed by atoms with Crippen LogP contribution in [0.15, 0.2) is 72.8 Å². The van der Waals surface area contributed by atoms with Gasteiger partial charge in [-0.1, -0.05) is 12.1 Å². The van der Waals surface area contributed by atoms with Crippen molar-refractivity contribution in [2.75, 3.05) is 0 Å². The third-order valence-electron chi connectivity index (χ3n) is 3.76. The van der Waals surface area contributed by atoms with Crippen molar-refractivity contribution in [3.05, 3.63) is 83.9 Å². The zero-order chi connectivity index (χ0) is 12.7. The van der Waals surface area contributed by atoms with E-state index in [0.717, 1.165) is 6.42 Å². The van der Waals surface area contributed by atoms with Crippen LogP contribution in [0.1, 0.15) is 11.1 Å². The molecule has 108 valence electrons. The molecule has 0 N–H and O–H groups in total. The molecule has 0 saturated carbocycles. The van der Waals surface area contributed by atoms with Crippen molar-refractivity contribution < 1.29 is 50.7 Å². The molecule has 0 aromatic heterocycles. The normalized spacial score (nSPS) is 9.82. The molecule has 22 heavy (non-hydrogen) atoms. The van der Waals surface area contributed by atoms with Crippen LogP contribution < -0.4 is 24.8 Å². The maximum atomic E-state index is 2.30. The molecule has 0 aliphatic rings. The number of halogens is 2. The van der Waals surface area contributed by atoms with Crippen molar-refractivity contribution in [3.63, 3.8) is 0 Å². The summed E-state index contributed by atoms with van der Waals surface area (Å²) in [6.45, 7) is 0. The summed E-state index contributed by atoms with van der Waals surface area (Å²) >= 11 is 0. The van der Waals surface area contributed by atoms with Crippen LogP contribution in [0.4, 0.5) is 0 Å². The maximum Gasteiger partial charge on any atom is 4.00 e. The SMILES string of the molecule is [Cl-].[Cl-].[Hf+4].c1ccc2[cH-]c(Cc3cc4ccccc4[cH-]3)cc2c1. The Labute approximate surface area is 161 Å². The maximum absolute atomic E-state index is 2.30. The predicted molar refractivity (Wildman–Crippen MR) is 81.9 cm³/mol. The van der Waals surface area contributed by atoms with Gasteiger partial charge in [-0.3, -0.25) is 0 Å². The molecule has 0 unspecified atom stereocenters. The average Bonchev–Trinajstić information content (AvgIpc) is 3.00. The van der Waals surface area contributed by atoms with Crippen molar-refractivity contribution in [2.45, 2.75) is 6.42 Å². The molecule has 0 radical (unpaired) electrons. The fourth-order valence-electron chi connectivity index (χ4n) is 2.87. The molecule has 0 saturated heterocycles. The summed E-state index contributed by atoms with van der Waals surface area (Å²) in [5.74, 6) is 0. The van der Waals surface area contributed by atoms with E-state index < -0.39 is 0 Å². The van der Waals surface area contributed by atoms with Gasteiger partial charge in [-0.15, -0.1) is 81.2 Å². The zero-order valence-electron chi connectivity index (χ0n) is 11.9. The molecule has 0 amide bonds. The molecule has 0 aliphatic carbocycles. The second kappa shape index (κ2) is 8.10. The van der Waals surface area contributed by atoms with Gasteiger partial charge in [0.1, 0.15) is 0 Å². The van der Waals surface area contributed by atoms with E-state index in [1.807, 2.05) is 0 Å². The van der Waals surface area contributed by atoms with E-state index in [1.54, 1.807) is 0 Å². The number of rotatable bonds is 2. The first-order chi connectivity index (χ1) is 9.38. The van der Waals surface area contributed by atoms with Crippen molar-refractivity contribution in [2.24, 2.45) is 0 Å². The smallest absolute Gasteiger partial charge is 1.00 e. The van der Waals surface area contributed by atoms with Crippen LogP contribution in [-0.2, 0) is 32.3 Å². The monoisotopic (exact) mass is 492 g/mol. The number of benzene rings is 2. The molecular weight excluding hydrogens is 478 g/mol. The zero-order valence-corrected chi connectivity index (χ0v) is 17.0. The van der Waals surface area contributed by atoms with E-state index in [2.05, 4.69) is 72.8 Å². The summed E-state index contributed by atoms with van der Waals surface area (Å²) in [6.07, 6.45) is 1.02. The molecule has 4 aromatic rings. The van der Waals surface area contributed by atoms with E-state index >= 15 is 0 Å². The Kier molecular flexibility index (Phi) is 7.05. The minimum absolute atomic E-state index is 0. The quantitative estimate of drug-likeness (QED) is 0.250. The second-order valence-corrected chi connectivity index (χ2v) is 5.16. The van der Waals surface area contributed by atoms with Crippen LogP contribution in [-0.4, -0.2) is 0 Å². The third-order valence-corrected chi connectivity index (χ3v) is 3.76. The van der Waals surface area contributed by atoms with E-state index in [0.29, 0.717) is 0 Å². The standard InChI is InChI=1S/C19H14.2ClH.Hf/c1-2-6-17-11-14(10-16(17)5-1)9-15-12-18-7-3-4-8-19(18)13-15;;;/h1-8,10-13H,9H2;2*1H;/q-2;;;+4/p-2. The Morgan fingerprint density at radius 1 is 0.636 bits per heavy atom. The first-order valence-corrected chi connectivity index (χ1v) is 6.67. The van der Waals surface area contributed by atoms with Crippen molar-refractivity contribution in [1.29, 1.82) is 0 Å². The van der Waals surface area contributed by atoms with Gasteiger partial charge in [-0.2, -0.15) is 12.1 Å². The Morgan fingerprint density at radius 2 is 1.05 bits per heavy atom. The van der Waals surface area contributed by atoms with Gasteiger partial charge in [0.05, 0.1) is 0 Å². The van der Waals surface area contributed by atoms with Crippen LogP contribution in [0.25, 0.3) is 21.5 Å². The Bertz CT molecular complexity index is 720. The summed E-state index contributed by atoms with van der Waals surface area (Å²) in [6, 6.07) is 26.3. The molecule has 0 aliphatic heterocycles. The number of fused-ring (bicyclic) bond motifs is 2. The van der Waals surface area contributed by atoms with Crippen molar-refractivity contribution in [3.8, 4) is 0 Å². The molecule has 0 bridgehead atoms.